The molecule has 2 aromatic rings. The molecule has 20 heavy (non-hydrogen) atoms. The van der Waals surface area contributed by atoms with Crippen LogP contribution in [0.25, 0.3) is 0 Å². The van der Waals surface area contributed by atoms with E-state index in [0.29, 0.717) is 21.4 Å². The van der Waals surface area contributed by atoms with Crippen molar-refractivity contribution in [2.24, 2.45) is 0 Å². The minimum absolute atomic E-state index is 0.00764. The number of anilines is 2. The van der Waals surface area contributed by atoms with Crippen LogP contribution in [0.15, 0.2) is 42.5 Å². The summed E-state index contributed by atoms with van der Waals surface area (Å²) in [6.07, 6.45) is 0. The summed E-state index contributed by atoms with van der Waals surface area (Å²) in [5.74, 6) is -0.674. The fourth-order valence-electron chi connectivity index (χ4n) is 1.57. The van der Waals surface area contributed by atoms with E-state index in [4.69, 9.17) is 23.2 Å². The van der Waals surface area contributed by atoms with Crippen LogP contribution in [0.4, 0.5) is 15.8 Å². The van der Waals surface area contributed by atoms with E-state index in [1.165, 1.54) is 12.1 Å². The molecule has 0 aliphatic rings. The number of amides is 1. The summed E-state index contributed by atoms with van der Waals surface area (Å²) in [5.41, 5.74) is 0.961. The Morgan fingerprint density at radius 2 is 1.95 bits per heavy atom. The third-order valence-corrected chi connectivity index (χ3v) is 3.04. The molecule has 0 fully saturated rings. The van der Waals surface area contributed by atoms with Gasteiger partial charge >= 0.3 is 0 Å². The van der Waals surface area contributed by atoms with E-state index in [2.05, 4.69) is 10.6 Å². The molecule has 104 valence electrons. The molecule has 6 heteroatoms. The fourth-order valence-corrected chi connectivity index (χ4v) is 1.91. The smallest absolute Gasteiger partial charge is 0.243 e. The fraction of sp³-hybridized carbons (Fsp3) is 0.0714. The number of halogens is 3. The Balaban J connectivity index is 1.94. The van der Waals surface area contributed by atoms with Gasteiger partial charge in [0.25, 0.3) is 0 Å². The second kappa shape index (κ2) is 6.59. The number of rotatable bonds is 4. The van der Waals surface area contributed by atoms with Crippen molar-refractivity contribution < 1.29 is 9.18 Å². The maximum absolute atomic E-state index is 13.0. The highest BCUT2D eigenvalue weighted by Gasteiger charge is 2.06. The van der Waals surface area contributed by atoms with Crippen LogP contribution in [0.1, 0.15) is 0 Å². The highest BCUT2D eigenvalue weighted by molar-refractivity contribution is 6.35. The van der Waals surface area contributed by atoms with Crippen molar-refractivity contribution in [3.05, 3.63) is 58.3 Å². The van der Waals surface area contributed by atoms with Gasteiger partial charge < -0.3 is 10.6 Å². The minimum atomic E-state index is -0.367. The summed E-state index contributed by atoms with van der Waals surface area (Å²) in [6, 6.07) is 10.6. The molecule has 0 saturated heterocycles. The number of carbonyl (C=O) groups excluding carboxylic acids is 1. The molecule has 1 amide bonds. The summed E-state index contributed by atoms with van der Waals surface area (Å²) < 4.78 is 13.0. The number of benzene rings is 2. The van der Waals surface area contributed by atoms with Gasteiger partial charge in [0.05, 0.1) is 17.3 Å². The second-order valence-corrected chi connectivity index (χ2v) is 4.88. The van der Waals surface area contributed by atoms with E-state index < -0.39 is 0 Å². The van der Waals surface area contributed by atoms with Gasteiger partial charge in [-0.3, -0.25) is 4.79 Å². The molecule has 0 spiro atoms. The van der Waals surface area contributed by atoms with Gasteiger partial charge in [-0.1, -0.05) is 29.3 Å². The molecule has 3 nitrogen and oxygen atoms in total. The van der Waals surface area contributed by atoms with Crippen LogP contribution < -0.4 is 10.6 Å². The highest BCUT2D eigenvalue weighted by Crippen LogP contribution is 2.25. The van der Waals surface area contributed by atoms with Crippen molar-refractivity contribution in [1.29, 1.82) is 0 Å². The summed E-state index contributed by atoms with van der Waals surface area (Å²) in [5, 5.41) is 6.31. The van der Waals surface area contributed by atoms with E-state index in [-0.39, 0.29) is 18.3 Å². The Morgan fingerprint density at radius 3 is 2.70 bits per heavy atom. The number of hydrogen-bond donors (Lipinski definition) is 2. The number of nitrogens with one attached hydrogen (secondary N) is 2. The van der Waals surface area contributed by atoms with Crippen molar-refractivity contribution in [2.75, 3.05) is 17.2 Å². The Labute approximate surface area is 125 Å². The van der Waals surface area contributed by atoms with Gasteiger partial charge in [-0.05, 0) is 36.4 Å². The van der Waals surface area contributed by atoms with Gasteiger partial charge in [0.2, 0.25) is 5.91 Å². The Kier molecular flexibility index (Phi) is 4.82. The van der Waals surface area contributed by atoms with Gasteiger partial charge in [-0.2, -0.15) is 0 Å². The highest BCUT2D eigenvalue weighted by atomic mass is 35.5. The number of hydrogen-bond acceptors (Lipinski definition) is 2. The Hall–Kier alpha value is -1.78. The zero-order valence-electron chi connectivity index (χ0n) is 10.3. The van der Waals surface area contributed by atoms with Gasteiger partial charge in [0, 0.05) is 10.7 Å². The first-order chi connectivity index (χ1) is 9.54. The van der Waals surface area contributed by atoms with E-state index in [1.54, 1.807) is 30.3 Å². The zero-order chi connectivity index (χ0) is 14.5. The van der Waals surface area contributed by atoms with Crippen LogP contribution in [0.2, 0.25) is 10.0 Å². The first-order valence-corrected chi connectivity index (χ1v) is 6.54. The largest absolute Gasteiger partial charge is 0.376 e. The van der Waals surface area contributed by atoms with Crippen LogP contribution in [-0.4, -0.2) is 12.5 Å². The van der Waals surface area contributed by atoms with E-state index >= 15 is 0 Å². The minimum Gasteiger partial charge on any atom is -0.376 e. The van der Waals surface area contributed by atoms with Gasteiger partial charge in [-0.25, -0.2) is 4.39 Å². The maximum atomic E-state index is 13.0. The predicted octanol–water partition coefficient (Wildman–Crippen LogP) is 4.18. The zero-order valence-corrected chi connectivity index (χ0v) is 11.8. The van der Waals surface area contributed by atoms with Crippen molar-refractivity contribution >= 4 is 40.5 Å². The van der Waals surface area contributed by atoms with Crippen LogP contribution in [0.5, 0.6) is 0 Å². The molecule has 0 bridgehead atoms. The monoisotopic (exact) mass is 312 g/mol. The predicted molar refractivity (Wildman–Crippen MR) is 80.0 cm³/mol. The average Bonchev–Trinajstić information content (AvgIpc) is 2.41. The molecule has 0 aliphatic heterocycles. The summed E-state index contributed by atoms with van der Waals surface area (Å²) in [4.78, 5) is 11.8. The molecular weight excluding hydrogens is 302 g/mol. The standard InChI is InChI=1S/C14H11Cl2FN2O/c15-9-4-5-12(16)13(6-9)19-14(20)8-18-11-3-1-2-10(17)7-11/h1-7,18H,8H2,(H,19,20). The molecule has 0 unspecified atom stereocenters. The number of carbonyl (C=O) groups is 1. The van der Waals surface area contributed by atoms with Crippen molar-refractivity contribution in [3.8, 4) is 0 Å². The molecule has 0 aliphatic carbocycles. The van der Waals surface area contributed by atoms with Gasteiger partial charge in [0.1, 0.15) is 5.82 Å². The lowest BCUT2D eigenvalue weighted by atomic mass is 10.3. The molecule has 0 atom stereocenters. The van der Waals surface area contributed by atoms with Crippen molar-refractivity contribution in [3.63, 3.8) is 0 Å². The van der Waals surface area contributed by atoms with E-state index in [1.807, 2.05) is 0 Å². The van der Waals surface area contributed by atoms with E-state index in [9.17, 15) is 9.18 Å². The maximum Gasteiger partial charge on any atom is 0.243 e. The van der Waals surface area contributed by atoms with Crippen LogP contribution in [0, 0.1) is 5.82 Å². The van der Waals surface area contributed by atoms with Gasteiger partial charge in [0.15, 0.2) is 0 Å². The Bertz CT molecular complexity index is 634. The second-order valence-electron chi connectivity index (χ2n) is 4.04. The molecule has 0 radical (unpaired) electrons. The first kappa shape index (κ1) is 14.6. The van der Waals surface area contributed by atoms with Crippen LogP contribution >= 0.6 is 23.2 Å². The summed E-state index contributed by atoms with van der Waals surface area (Å²) >= 11 is 11.8. The quantitative estimate of drug-likeness (QED) is 0.889. The molecule has 0 heterocycles. The average molecular weight is 313 g/mol. The summed E-state index contributed by atoms with van der Waals surface area (Å²) in [6.45, 7) is -0.00764. The third kappa shape index (κ3) is 4.11. The lowest BCUT2D eigenvalue weighted by Crippen LogP contribution is -2.21. The van der Waals surface area contributed by atoms with Crippen LogP contribution in [0.3, 0.4) is 0 Å². The first-order valence-electron chi connectivity index (χ1n) is 5.79. The van der Waals surface area contributed by atoms with Crippen LogP contribution in [-0.2, 0) is 4.79 Å². The molecule has 0 aromatic heterocycles. The van der Waals surface area contributed by atoms with Crippen molar-refractivity contribution in [2.45, 2.75) is 0 Å². The lowest BCUT2D eigenvalue weighted by Gasteiger charge is -2.09. The third-order valence-electron chi connectivity index (χ3n) is 2.48. The molecule has 0 saturated carbocycles. The normalized spacial score (nSPS) is 10.2. The van der Waals surface area contributed by atoms with Crippen molar-refractivity contribution in [1.82, 2.24) is 0 Å². The lowest BCUT2D eigenvalue weighted by molar-refractivity contribution is -0.114. The van der Waals surface area contributed by atoms with Gasteiger partial charge in [-0.15, -0.1) is 0 Å². The Morgan fingerprint density at radius 1 is 1.15 bits per heavy atom. The van der Waals surface area contributed by atoms with E-state index in [0.717, 1.165) is 0 Å². The molecule has 2 rings (SSSR count). The molecule has 2 N–H and O–H groups in total. The SMILES string of the molecule is O=C(CNc1cccc(F)c1)Nc1cc(Cl)ccc1Cl. The molecule has 2 aromatic carbocycles. The topological polar surface area (TPSA) is 41.1 Å². The summed E-state index contributed by atoms with van der Waals surface area (Å²) in [7, 11) is 0. The molecular formula is C14H11Cl2FN2O.